The number of nitrogens with one attached hydrogen (secondary N) is 1. The van der Waals surface area contributed by atoms with Crippen LogP contribution in [0.5, 0.6) is 5.75 Å². The van der Waals surface area contributed by atoms with E-state index in [0.717, 1.165) is 17.7 Å². The van der Waals surface area contributed by atoms with Gasteiger partial charge in [-0.25, -0.2) is 0 Å². The van der Waals surface area contributed by atoms with Crippen LogP contribution in [-0.4, -0.2) is 19.1 Å². The van der Waals surface area contributed by atoms with E-state index in [9.17, 15) is 0 Å². The maximum absolute atomic E-state index is 5.53. The molecule has 0 bridgehead atoms. The molecule has 0 unspecified atom stereocenters. The molecule has 0 aliphatic carbocycles. The highest BCUT2D eigenvalue weighted by molar-refractivity contribution is 9.09. The predicted octanol–water partition coefficient (Wildman–Crippen LogP) is 3.53. The third-order valence-corrected chi connectivity index (χ3v) is 3.40. The minimum absolute atomic E-state index is 0.0525. The van der Waals surface area contributed by atoms with Gasteiger partial charge in [0.05, 0.1) is 12.6 Å². The molecule has 0 aliphatic heterocycles. The topological polar surface area (TPSA) is 21.3 Å². The van der Waals surface area contributed by atoms with E-state index in [-0.39, 0.29) is 5.41 Å². The number of alkyl halides is 1. The van der Waals surface area contributed by atoms with Gasteiger partial charge in [-0.05, 0) is 31.0 Å². The van der Waals surface area contributed by atoms with Gasteiger partial charge in [-0.15, -0.1) is 0 Å². The van der Waals surface area contributed by atoms with Crippen LogP contribution < -0.4 is 10.1 Å². The normalized spacial score (nSPS) is 11.6. The van der Waals surface area contributed by atoms with Crippen LogP contribution in [0, 0.1) is 13.8 Å². The molecule has 0 amide bonds. The zero-order valence-corrected chi connectivity index (χ0v) is 12.9. The van der Waals surface area contributed by atoms with Gasteiger partial charge in [0.25, 0.3) is 0 Å². The average Bonchev–Trinajstić information content (AvgIpc) is 2.24. The van der Waals surface area contributed by atoms with Crippen LogP contribution in [0.1, 0.15) is 30.5 Å². The Labute approximate surface area is 113 Å². The number of hydrogen-bond acceptors (Lipinski definition) is 2. The number of ether oxygens (including phenoxy) is 1. The molecular weight excluding hydrogens is 278 g/mol. The van der Waals surface area contributed by atoms with Crippen LogP contribution in [0.3, 0.4) is 0 Å². The van der Waals surface area contributed by atoms with E-state index in [1.54, 1.807) is 7.11 Å². The van der Waals surface area contributed by atoms with Crippen molar-refractivity contribution in [2.75, 3.05) is 19.1 Å². The summed E-state index contributed by atoms with van der Waals surface area (Å²) in [7, 11) is 1.74. The first-order chi connectivity index (χ1) is 7.92. The second-order valence-electron chi connectivity index (χ2n) is 5.10. The van der Waals surface area contributed by atoms with E-state index in [4.69, 9.17) is 4.74 Å². The van der Waals surface area contributed by atoms with Crippen molar-refractivity contribution >= 4 is 15.9 Å². The lowest BCUT2D eigenvalue weighted by Crippen LogP contribution is -2.33. The maximum atomic E-state index is 5.53. The summed E-state index contributed by atoms with van der Waals surface area (Å²) in [5.74, 6) is 0.990. The molecule has 0 atom stereocenters. The van der Waals surface area contributed by atoms with Crippen molar-refractivity contribution in [3.8, 4) is 5.75 Å². The number of halogens is 1. The van der Waals surface area contributed by atoms with Gasteiger partial charge in [0.2, 0.25) is 0 Å². The summed E-state index contributed by atoms with van der Waals surface area (Å²) in [4.78, 5) is 0. The molecular formula is C14H22BrNO. The molecule has 96 valence electrons. The van der Waals surface area contributed by atoms with E-state index in [1.165, 1.54) is 16.7 Å². The van der Waals surface area contributed by atoms with Crippen LogP contribution in [0.25, 0.3) is 0 Å². The summed E-state index contributed by atoms with van der Waals surface area (Å²) in [6.45, 7) is 9.65. The van der Waals surface area contributed by atoms with Gasteiger partial charge >= 0.3 is 0 Å². The van der Waals surface area contributed by atoms with Gasteiger partial charge in [0.1, 0.15) is 5.75 Å². The predicted molar refractivity (Wildman–Crippen MR) is 77.3 cm³/mol. The van der Waals surface area contributed by atoms with Crippen molar-refractivity contribution in [3.63, 3.8) is 0 Å². The van der Waals surface area contributed by atoms with E-state index < -0.39 is 0 Å². The Morgan fingerprint density at radius 2 is 1.94 bits per heavy atom. The molecule has 0 saturated carbocycles. The second kappa shape index (κ2) is 5.87. The SMILES string of the molecule is COc1cc(C)cc(C)c1C(C)(C)CNCBr. The van der Waals surface area contributed by atoms with E-state index >= 15 is 0 Å². The Morgan fingerprint density at radius 3 is 2.47 bits per heavy atom. The highest BCUT2D eigenvalue weighted by atomic mass is 79.9. The smallest absolute Gasteiger partial charge is 0.123 e. The highest BCUT2D eigenvalue weighted by Crippen LogP contribution is 2.35. The van der Waals surface area contributed by atoms with Crippen molar-refractivity contribution in [2.45, 2.75) is 33.1 Å². The van der Waals surface area contributed by atoms with Gasteiger partial charge in [-0.1, -0.05) is 35.8 Å². The van der Waals surface area contributed by atoms with Gasteiger partial charge in [0, 0.05) is 17.5 Å². The van der Waals surface area contributed by atoms with Gasteiger partial charge in [-0.3, -0.25) is 0 Å². The average molecular weight is 300 g/mol. The monoisotopic (exact) mass is 299 g/mol. The fourth-order valence-electron chi connectivity index (χ4n) is 2.41. The lowest BCUT2D eigenvalue weighted by atomic mass is 9.80. The molecule has 1 N–H and O–H groups in total. The third kappa shape index (κ3) is 3.46. The van der Waals surface area contributed by atoms with Crippen LogP contribution >= 0.6 is 15.9 Å². The van der Waals surface area contributed by atoms with Crippen molar-refractivity contribution in [1.29, 1.82) is 0 Å². The number of hydrogen-bond donors (Lipinski definition) is 1. The summed E-state index contributed by atoms with van der Waals surface area (Å²) >= 11 is 3.40. The zero-order valence-electron chi connectivity index (χ0n) is 11.4. The number of rotatable bonds is 5. The molecule has 0 spiro atoms. The van der Waals surface area contributed by atoms with Crippen molar-refractivity contribution in [3.05, 3.63) is 28.8 Å². The Hall–Kier alpha value is -0.540. The largest absolute Gasteiger partial charge is 0.496 e. The molecule has 1 rings (SSSR count). The summed E-state index contributed by atoms with van der Waals surface area (Å²) in [5, 5.41) is 3.34. The fourth-order valence-corrected chi connectivity index (χ4v) is 2.60. The van der Waals surface area contributed by atoms with Gasteiger partial charge in [0.15, 0.2) is 0 Å². The molecule has 2 nitrogen and oxygen atoms in total. The van der Waals surface area contributed by atoms with Crippen molar-refractivity contribution in [2.24, 2.45) is 0 Å². The third-order valence-electron chi connectivity index (χ3n) is 3.00. The molecule has 0 aliphatic rings. The van der Waals surface area contributed by atoms with Crippen LogP contribution in [0.2, 0.25) is 0 Å². The Bertz CT molecular complexity index is 388. The van der Waals surface area contributed by atoms with Gasteiger partial charge in [-0.2, -0.15) is 0 Å². The van der Waals surface area contributed by atoms with Crippen LogP contribution in [-0.2, 0) is 5.41 Å². The first kappa shape index (κ1) is 14.5. The molecule has 0 heterocycles. The quantitative estimate of drug-likeness (QED) is 0.663. The van der Waals surface area contributed by atoms with E-state index in [1.807, 2.05) is 0 Å². The molecule has 0 radical (unpaired) electrons. The van der Waals surface area contributed by atoms with E-state index in [0.29, 0.717) is 0 Å². The molecule has 0 aromatic heterocycles. The maximum Gasteiger partial charge on any atom is 0.123 e. The van der Waals surface area contributed by atoms with Crippen molar-refractivity contribution < 1.29 is 4.74 Å². The van der Waals surface area contributed by atoms with Crippen LogP contribution in [0.4, 0.5) is 0 Å². The van der Waals surface area contributed by atoms with Gasteiger partial charge < -0.3 is 10.1 Å². The lowest BCUT2D eigenvalue weighted by Gasteiger charge is -2.29. The summed E-state index contributed by atoms with van der Waals surface area (Å²) in [5.41, 5.74) is 4.69. The summed E-state index contributed by atoms with van der Waals surface area (Å²) in [6.07, 6.45) is 0. The minimum Gasteiger partial charge on any atom is -0.496 e. The first-order valence-corrected chi connectivity index (χ1v) is 6.97. The number of benzene rings is 1. The summed E-state index contributed by atoms with van der Waals surface area (Å²) < 4.78 is 5.53. The number of aryl methyl sites for hydroxylation is 2. The molecule has 0 saturated heterocycles. The Balaban J connectivity index is 3.19. The Morgan fingerprint density at radius 1 is 1.29 bits per heavy atom. The van der Waals surface area contributed by atoms with E-state index in [2.05, 4.69) is 61.1 Å². The minimum atomic E-state index is 0.0525. The number of methoxy groups -OCH3 is 1. The molecule has 1 aromatic carbocycles. The molecule has 1 aromatic rings. The standard InChI is InChI=1S/C14H22BrNO/c1-10-6-11(2)13(12(7-10)17-5)14(3,4)8-16-9-15/h6-7,16H,8-9H2,1-5H3. The molecule has 3 heteroatoms. The highest BCUT2D eigenvalue weighted by Gasteiger charge is 2.26. The molecule has 17 heavy (non-hydrogen) atoms. The zero-order chi connectivity index (χ0) is 13.1. The summed E-state index contributed by atoms with van der Waals surface area (Å²) in [6, 6.07) is 4.33. The van der Waals surface area contributed by atoms with Crippen LogP contribution in [0.15, 0.2) is 12.1 Å². The molecule has 0 fully saturated rings. The Kier molecular flexibility index (Phi) is 5.02. The lowest BCUT2D eigenvalue weighted by molar-refractivity contribution is 0.387. The second-order valence-corrected chi connectivity index (χ2v) is 5.66. The first-order valence-electron chi connectivity index (χ1n) is 5.84. The van der Waals surface area contributed by atoms with Crippen molar-refractivity contribution in [1.82, 2.24) is 5.32 Å². The fraction of sp³-hybridized carbons (Fsp3) is 0.571.